The second-order valence-corrected chi connectivity index (χ2v) is 11.3. The van der Waals surface area contributed by atoms with Gasteiger partial charge in [-0.25, -0.2) is 9.18 Å². The second kappa shape index (κ2) is 10.2. The summed E-state index contributed by atoms with van der Waals surface area (Å²) < 4.78 is 23.1. The second-order valence-electron chi connectivity index (χ2n) is 10.9. The zero-order valence-electron chi connectivity index (χ0n) is 22.2. The van der Waals surface area contributed by atoms with Crippen molar-refractivity contribution in [3.63, 3.8) is 0 Å². The van der Waals surface area contributed by atoms with Gasteiger partial charge in [-0.3, -0.25) is 9.47 Å². The number of halogens is 2. The fraction of sp³-hybridized carbons (Fsp3) is 0.448. The highest BCUT2D eigenvalue weighted by atomic mass is 35.5. The van der Waals surface area contributed by atoms with Crippen LogP contribution in [-0.2, 0) is 0 Å². The maximum atomic E-state index is 15.0. The van der Waals surface area contributed by atoms with E-state index in [1.54, 1.807) is 28.8 Å². The lowest BCUT2D eigenvalue weighted by molar-refractivity contribution is 0.0204. The fourth-order valence-corrected chi connectivity index (χ4v) is 6.61. The summed E-state index contributed by atoms with van der Waals surface area (Å²) in [5.74, 6) is 0.517. The van der Waals surface area contributed by atoms with Gasteiger partial charge in [-0.15, -0.1) is 0 Å². The van der Waals surface area contributed by atoms with Crippen molar-refractivity contribution in [1.29, 1.82) is 0 Å². The number of nitrogens with zero attached hydrogens (tertiary/aromatic N) is 5. The summed E-state index contributed by atoms with van der Waals surface area (Å²) >= 11 is 6.89. The molecular formula is C29H33ClFN5O3. The summed E-state index contributed by atoms with van der Waals surface area (Å²) in [5, 5.41) is 11.4. The van der Waals surface area contributed by atoms with Crippen LogP contribution in [-0.4, -0.2) is 82.1 Å². The predicted octanol–water partition coefficient (Wildman–Crippen LogP) is 3.90. The van der Waals surface area contributed by atoms with E-state index in [1.807, 2.05) is 18.7 Å². The average Bonchev–Trinajstić information content (AvgIpc) is 2.88. The maximum Gasteiger partial charge on any atom is 0.350 e. The van der Waals surface area contributed by atoms with Crippen LogP contribution in [0.4, 0.5) is 10.2 Å². The molecule has 0 saturated carbocycles. The molecule has 0 aliphatic carbocycles. The number of anilines is 1. The van der Waals surface area contributed by atoms with Crippen LogP contribution in [0.2, 0.25) is 5.02 Å². The number of ether oxygens (including phenoxy) is 1. The number of piperazine rings is 1. The molecule has 2 saturated heterocycles. The standard InChI is InChI=1S/C29H33ClFN5O3/c1-4-24(37)34-13-17(2)35(18(3)14-34)28-21-12-22(30)25(20-8-5-6-9-23(20)31)27-26(21)36(29(38)32-28)19(16-39-27)15-33-10-7-11-33/h4-6,8-9,12,17-19,24,37H,1,7,10-11,13-16H2,2-3H3/t17-,18-,19?,24?/m0/s1. The Balaban J connectivity index is 1.56. The van der Waals surface area contributed by atoms with E-state index in [0.717, 1.165) is 19.5 Å². The van der Waals surface area contributed by atoms with Crippen LogP contribution in [0.5, 0.6) is 5.75 Å². The zero-order chi connectivity index (χ0) is 27.4. The monoisotopic (exact) mass is 553 g/mol. The molecule has 206 valence electrons. The van der Waals surface area contributed by atoms with E-state index in [1.165, 1.54) is 12.1 Å². The van der Waals surface area contributed by atoms with E-state index in [4.69, 9.17) is 16.3 Å². The highest BCUT2D eigenvalue weighted by Gasteiger charge is 2.37. The minimum atomic E-state index is -0.750. The Morgan fingerprint density at radius 2 is 1.97 bits per heavy atom. The molecular weight excluding hydrogens is 521 g/mol. The number of aromatic nitrogens is 2. The summed E-state index contributed by atoms with van der Waals surface area (Å²) in [6, 6.07) is 7.89. The van der Waals surface area contributed by atoms with Crippen molar-refractivity contribution in [3.05, 3.63) is 64.3 Å². The van der Waals surface area contributed by atoms with Crippen molar-refractivity contribution in [2.45, 2.75) is 44.6 Å². The predicted molar refractivity (Wildman–Crippen MR) is 151 cm³/mol. The lowest BCUT2D eigenvalue weighted by atomic mass is 9.98. The first-order valence-electron chi connectivity index (χ1n) is 13.5. The quantitative estimate of drug-likeness (QED) is 0.464. The van der Waals surface area contributed by atoms with Crippen molar-refractivity contribution in [2.24, 2.45) is 0 Å². The average molecular weight is 554 g/mol. The first kappa shape index (κ1) is 26.3. The minimum Gasteiger partial charge on any atom is -0.488 e. The lowest BCUT2D eigenvalue weighted by Gasteiger charge is -2.46. The van der Waals surface area contributed by atoms with Crippen molar-refractivity contribution < 1.29 is 14.2 Å². The third kappa shape index (κ3) is 4.41. The normalized spacial score (nSPS) is 24.3. The molecule has 8 nitrogen and oxygen atoms in total. The molecule has 1 aromatic heterocycles. The Morgan fingerprint density at radius 3 is 2.62 bits per heavy atom. The molecule has 3 aromatic rings. The topological polar surface area (TPSA) is 74.1 Å². The molecule has 3 aliphatic heterocycles. The Bertz CT molecular complexity index is 1480. The van der Waals surface area contributed by atoms with Crippen LogP contribution in [0.15, 0.2) is 47.8 Å². The van der Waals surface area contributed by atoms with Gasteiger partial charge >= 0.3 is 5.69 Å². The van der Waals surface area contributed by atoms with Gasteiger partial charge in [0.15, 0.2) is 5.75 Å². The molecule has 4 heterocycles. The first-order valence-corrected chi connectivity index (χ1v) is 13.9. The molecule has 0 spiro atoms. The Hall–Kier alpha value is -2.98. The number of aliphatic hydroxyl groups is 1. The highest BCUT2D eigenvalue weighted by Crippen LogP contribution is 2.47. The van der Waals surface area contributed by atoms with Crippen molar-refractivity contribution in [1.82, 2.24) is 19.4 Å². The van der Waals surface area contributed by atoms with Crippen LogP contribution in [0.25, 0.3) is 22.0 Å². The number of hydrogen-bond acceptors (Lipinski definition) is 7. The number of benzene rings is 2. The first-order chi connectivity index (χ1) is 18.8. The largest absolute Gasteiger partial charge is 0.488 e. The van der Waals surface area contributed by atoms with Gasteiger partial charge in [0.05, 0.1) is 16.6 Å². The van der Waals surface area contributed by atoms with E-state index in [2.05, 4.69) is 21.4 Å². The van der Waals surface area contributed by atoms with Gasteiger partial charge in [0.2, 0.25) is 0 Å². The molecule has 6 rings (SSSR count). The van der Waals surface area contributed by atoms with Crippen molar-refractivity contribution in [3.8, 4) is 16.9 Å². The van der Waals surface area contributed by atoms with Gasteiger partial charge in [-0.05, 0) is 51.6 Å². The molecule has 0 amide bonds. The summed E-state index contributed by atoms with van der Waals surface area (Å²) in [6.07, 6.45) is 1.91. The molecule has 2 aromatic carbocycles. The summed E-state index contributed by atoms with van der Waals surface area (Å²) in [5.41, 5.74) is 1.00. The summed E-state index contributed by atoms with van der Waals surface area (Å²) in [4.78, 5) is 24.8. The number of likely N-dealkylation sites (tertiary alicyclic amines) is 1. The smallest absolute Gasteiger partial charge is 0.350 e. The van der Waals surface area contributed by atoms with Gasteiger partial charge in [0.25, 0.3) is 0 Å². The van der Waals surface area contributed by atoms with Gasteiger partial charge in [-0.1, -0.05) is 36.4 Å². The molecule has 10 heteroatoms. The lowest BCUT2D eigenvalue weighted by Crippen LogP contribution is -2.59. The van der Waals surface area contributed by atoms with Gasteiger partial charge in [-0.2, -0.15) is 4.98 Å². The zero-order valence-corrected chi connectivity index (χ0v) is 22.9. The Kier molecular flexibility index (Phi) is 6.87. The maximum absolute atomic E-state index is 15.0. The number of rotatable bonds is 6. The molecule has 2 fully saturated rings. The fourth-order valence-electron chi connectivity index (χ4n) is 6.31. The third-order valence-electron chi connectivity index (χ3n) is 8.22. The van der Waals surface area contributed by atoms with E-state index in [0.29, 0.717) is 58.3 Å². The van der Waals surface area contributed by atoms with Crippen molar-refractivity contribution >= 4 is 28.3 Å². The molecule has 3 aliphatic rings. The SMILES string of the molecule is C=CC(O)N1C[C@H](C)N(c2nc(=O)n3c4c(c(-c5ccccc5F)c(Cl)cc24)OCC3CN2CCC2)[C@@H](C)C1. The molecule has 0 bridgehead atoms. The van der Waals surface area contributed by atoms with E-state index >= 15 is 4.39 Å². The molecule has 2 unspecified atom stereocenters. The van der Waals surface area contributed by atoms with Gasteiger partial charge in [0.1, 0.15) is 24.5 Å². The third-order valence-corrected chi connectivity index (χ3v) is 8.52. The Morgan fingerprint density at radius 1 is 1.26 bits per heavy atom. The molecule has 1 N–H and O–H groups in total. The molecule has 0 radical (unpaired) electrons. The summed E-state index contributed by atoms with van der Waals surface area (Å²) in [7, 11) is 0. The number of hydrogen-bond donors (Lipinski definition) is 1. The minimum absolute atomic E-state index is 0.0662. The van der Waals surface area contributed by atoms with Crippen LogP contribution in [0.1, 0.15) is 26.3 Å². The van der Waals surface area contributed by atoms with Crippen LogP contribution in [0.3, 0.4) is 0 Å². The van der Waals surface area contributed by atoms with Crippen LogP contribution in [0, 0.1) is 5.82 Å². The van der Waals surface area contributed by atoms with Gasteiger partial charge < -0.3 is 19.6 Å². The highest BCUT2D eigenvalue weighted by molar-refractivity contribution is 6.35. The van der Waals surface area contributed by atoms with E-state index in [-0.39, 0.29) is 30.4 Å². The Labute approximate surface area is 231 Å². The molecule has 4 atom stereocenters. The van der Waals surface area contributed by atoms with E-state index in [9.17, 15) is 9.90 Å². The number of aliphatic hydroxyl groups excluding tert-OH is 1. The van der Waals surface area contributed by atoms with Crippen LogP contribution >= 0.6 is 11.6 Å². The summed E-state index contributed by atoms with van der Waals surface area (Å²) in [6.45, 7) is 11.9. The van der Waals surface area contributed by atoms with Crippen molar-refractivity contribution in [2.75, 3.05) is 44.2 Å². The van der Waals surface area contributed by atoms with E-state index < -0.39 is 12.0 Å². The van der Waals surface area contributed by atoms with Gasteiger partial charge in [0, 0.05) is 48.2 Å². The molecule has 39 heavy (non-hydrogen) atoms. The van der Waals surface area contributed by atoms with Crippen LogP contribution < -0.4 is 15.3 Å².